The van der Waals surface area contributed by atoms with Gasteiger partial charge in [0.25, 0.3) is 10.1 Å². The smallest absolute Gasteiger partial charge is 0.294 e. The van der Waals surface area contributed by atoms with Crippen molar-refractivity contribution in [2.45, 2.75) is 55.6 Å². The number of aliphatic hydroxyl groups is 1. The van der Waals surface area contributed by atoms with Crippen LogP contribution < -0.4 is 0 Å². The summed E-state index contributed by atoms with van der Waals surface area (Å²) >= 11 is 0. The standard InChI is InChI=1S/C22H27NO.C7H8O3S/c24-21(18-9-3-1-4-10-18)23-16-8-15-22(14-7-13-20(22)17-23)19-11-5-2-6-12-19;1-6-2-4-7(5-3-6)11(8,9)10/h1-6,9-12,20-21,24H,7-8,13-17H2;2-5H,1H3,(H,8,9,10). The van der Waals surface area contributed by atoms with Gasteiger partial charge in [0.05, 0.1) is 4.90 Å². The van der Waals surface area contributed by atoms with Crippen molar-refractivity contribution in [3.8, 4) is 0 Å². The molecule has 3 atom stereocenters. The molecule has 2 N–H and O–H groups in total. The fourth-order valence-electron chi connectivity index (χ4n) is 5.77. The summed E-state index contributed by atoms with van der Waals surface area (Å²) in [6.45, 7) is 3.83. The van der Waals surface area contributed by atoms with Crippen molar-refractivity contribution < 1.29 is 18.1 Å². The third-order valence-electron chi connectivity index (χ3n) is 7.59. The van der Waals surface area contributed by atoms with Crippen molar-refractivity contribution in [3.63, 3.8) is 0 Å². The second kappa shape index (κ2) is 11.0. The molecule has 0 radical (unpaired) electrons. The van der Waals surface area contributed by atoms with E-state index >= 15 is 0 Å². The summed E-state index contributed by atoms with van der Waals surface area (Å²) in [6.07, 6.45) is 5.84. The van der Waals surface area contributed by atoms with E-state index in [0.717, 1.165) is 30.6 Å². The Balaban J connectivity index is 0.000000221. The van der Waals surface area contributed by atoms with Gasteiger partial charge in [0.15, 0.2) is 0 Å². The van der Waals surface area contributed by atoms with Crippen LogP contribution in [0.15, 0.2) is 89.8 Å². The zero-order valence-electron chi connectivity index (χ0n) is 20.3. The van der Waals surface area contributed by atoms with Gasteiger partial charge in [-0.3, -0.25) is 9.45 Å². The molecule has 5 rings (SSSR count). The van der Waals surface area contributed by atoms with Gasteiger partial charge >= 0.3 is 0 Å². The lowest BCUT2D eigenvalue weighted by atomic mass is 9.70. The lowest BCUT2D eigenvalue weighted by Gasteiger charge is -2.36. The average molecular weight is 494 g/mol. The minimum atomic E-state index is -4.02. The van der Waals surface area contributed by atoms with Crippen molar-refractivity contribution in [2.75, 3.05) is 13.1 Å². The first-order chi connectivity index (χ1) is 16.8. The minimum absolute atomic E-state index is 0.0666. The third-order valence-corrected chi connectivity index (χ3v) is 8.46. The largest absolute Gasteiger partial charge is 0.374 e. The van der Waals surface area contributed by atoms with Crippen LogP contribution in [0.4, 0.5) is 0 Å². The number of rotatable bonds is 4. The molecule has 0 aromatic heterocycles. The maximum absolute atomic E-state index is 10.9. The van der Waals surface area contributed by atoms with Crippen LogP contribution in [0, 0.1) is 12.8 Å². The molecule has 1 aliphatic heterocycles. The van der Waals surface area contributed by atoms with E-state index in [9.17, 15) is 13.5 Å². The molecule has 0 amide bonds. The van der Waals surface area contributed by atoms with E-state index in [1.165, 1.54) is 43.4 Å². The zero-order chi connectivity index (χ0) is 24.9. The molecule has 3 aromatic rings. The Hall–Kier alpha value is -2.51. The molecule has 1 saturated heterocycles. The van der Waals surface area contributed by atoms with Crippen molar-refractivity contribution >= 4 is 10.1 Å². The molecule has 3 aromatic carbocycles. The maximum Gasteiger partial charge on any atom is 0.294 e. The van der Waals surface area contributed by atoms with Gasteiger partial charge in [0.2, 0.25) is 0 Å². The normalized spacial score (nSPS) is 23.5. The highest BCUT2D eigenvalue weighted by Gasteiger charge is 2.46. The molecule has 0 spiro atoms. The Labute approximate surface area is 209 Å². The fraction of sp³-hybridized carbons (Fsp3) is 0.379. The van der Waals surface area contributed by atoms with Crippen molar-refractivity contribution in [3.05, 3.63) is 102 Å². The van der Waals surface area contributed by atoms with E-state index in [1.54, 1.807) is 12.1 Å². The summed E-state index contributed by atoms with van der Waals surface area (Å²) < 4.78 is 29.6. The molecule has 186 valence electrons. The van der Waals surface area contributed by atoms with Crippen LogP contribution in [0.1, 0.15) is 55.0 Å². The van der Waals surface area contributed by atoms with E-state index in [4.69, 9.17) is 4.55 Å². The number of aliphatic hydroxyl groups excluding tert-OH is 1. The van der Waals surface area contributed by atoms with Gasteiger partial charge < -0.3 is 5.11 Å². The van der Waals surface area contributed by atoms with Gasteiger partial charge in [-0.05, 0) is 67.2 Å². The van der Waals surface area contributed by atoms with E-state index in [0.29, 0.717) is 11.3 Å². The predicted molar refractivity (Wildman–Crippen MR) is 139 cm³/mol. The van der Waals surface area contributed by atoms with Gasteiger partial charge in [-0.25, -0.2) is 0 Å². The lowest BCUT2D eigenvalue weighted by Crippen LogP contribution is -2.37. The maximum atomic E-state index is 10.9. The fourth-order valence-corrected chi connectivity index (χ4v) is 6.25. The Morgan fingerprint density at radius 1 is 0.886 bits per heavy atom. The summed E-state index contributed by atoms with van der Waals surface area (Å²) in [6, 6.07) is 27.2. The van der Waals surface area contributed by atoms with Crippen molar-refractivity contribution in [2.24, 2.45) is 5.92 Å². The van der Waals surface area contributed by atoms with Crippen LogP contribution >= 0.6 is 0 Å². The number of hydrogen-bond acceptors (Lipinski definition) is 4. The summed E-state index contributed by atoms with van der Waals surface area (Å²) in [7, 11) is -4.02. The second-order valence-electron chi connectivity index (χ2n) is 9.78. The SMILES string of the molecule is Cc1ccc(S(=O)(=O)O)cc1.OC(c1ccccc1)N1CCCC2(c3ccccc3)CCCC2C1. The lowest BCUT2D eigenvalue weighted by molar-refractivity contribution is -0.00566. The average Bonchev–Trinajstić information content (AvgIpc) is 3.18. The van der Waals surface area contributed by atoms with E-state index in [1.807, 2.05) is 37.3 Å². The molecule has 6 heteroatoms. The molecule has 1 saturated carbocycles. The van der Waals surface area contributed by atoms with Crippen molar-refractivity contribution in [1.29, 1.82) is 0 Å². The highest BCUT2D eigenvalue weighted by molar-refractivity contribution is 7.85. The topological polar surface area (TPSA) is 77.8 Å². The zero-order valence-corrected chi connectivity index (χ0v) is 21.1. The monoisotopic (exact) mass is 493 g/mol. The van der Waals surface area contributed by atoms with Crippen LogP contribution in [0.2, 0.25) is 0 Å². The van der Waals surface area contributed by atoms with Gasteiger partial charge in [0.1, 0.15) is 6.23 Å². The number of benzene rings is 3. The van der Waals surface area contributed by atoms with E-state index in [2.05, 4.69) is 35.2 Å². The molecule has 3 unspecified atom stereocenters. The van der Waals surface area contributed by atoms with Gasteiger partial charge in [-0.1, -0.05) is 84.8 Å². The molecule has 2 aliphatic rings. The van der Waals surface area contributed by atoms with Crippen LogP contribution in [0.5, 0.6) is 0 Å². The van der Waals surface area contributed by atoms with Crippen LogP contribution in [-0.4, -0.2) is 36.1 Å². The van der Waals surface area contributed by atoms with Gasteiger partial charge in [0, 0.05) is 13.1 Å². The highest BCUT2D eigenvalue weighted by Crippen LogP contribution is 2.51. The molecule has 2 fully saturated rings. The number of likely N-dealkylation sites (tertiary alicyclic amines) is 1. The second-order valence-corrected chi connectivity index (χ2v) is 11.2. The number of hydrogen-bond donors (Lipinski definition) is 2. The Bertz CT molecular complexity index is 1180. The molecule has 5 nitrogen and oxygen atoms in total. The van der Waals surface area contributed by atoms with Crippen LogP contribution in [-0.2, 0) is 15.5 Å². The summed E-state index contributed by atoms with van der Waals surface area (Å²) in [5, 5.41) is 10.9. The highest BCUT2D eigenvalue weighted by atomic mass is 32.2. The number of aryl methyl sites for hydroxylation is 1. The van der Waals surface area contributed by atoms with Crippen LogP contribution in [0.3, 0.4) is 0 Å². The minimum Gasteiger partial charge on any atom is -0.374 e. The molecular weight excluding hydrogens is 458 g/mol. The Morgan fingerprint density at radius 3 is 2.11 bits per heavy atom. The molecule has 35 heavy (non-hydrogen) atoms. The first kappa shape index (κ1) is 25.6. The number of fused-ring (bicyclic) bond motifs is 1. The van der Waals surface area contributed by atoms with Crippen LogP contribution in [0.25, 0.3) is 0 Å². The first-order valence-electron chi connectivity index (χ1n) is 12.4. The summed E-state index contributed by atoms with van der Waals surface area (Å²) in [4.78, 5) is 2.24. The molecule has 1 heterocycles. The van der Waals surface area contributed by atoms with Gasteiger partial charge in [-0.2, -0.15) is 8.42 Å². The summed E-state index contributed by atoms with van der Waals surface area (Å²) in [5.41, 5.74) is 3.82. The quantitative estimate of drug-likeness (QED) is 0.452. The first-order valence-corrected chi connectivity index (χ1v) is 13.8. The summed E-state index contributed by atoms with van der Waals surface area (Å²) in [5.74, 6) is 0.653. The predicted octanol–water partition coefficient (Wildman–Crippen LogP) is 5.75. The third kappa shape index (κ3) is 6.01. The van der Waals surface area contributed by atoms with Crippen molar-refractivity contribution in [1.82, 2.24) is 4.90 Å². The van der Waals surface area contributed by atoms with E-state index in [-0.39, 0.29) is 4.90 Å². The molecule has 0 bridgehead atoms. The van der Waals surface area contributed by atoms with E-state index < -0.39 is 16.3 Å². The Kier molecular flexibility index (Phi) is 8.07. The van der Waals surface area contributed by atoms with Gasteiger partial charge in [-0.15, -0.1) is 0 Å². The molecule has 1 aliphatic carbocycles. The molecular formula is C29H35NO4S. The number of nitrogens with zero attached hydrogens (tertiary/aromatic N) is 1. The Morgan fingerprint density at radius 2 is 1.49 bits per heavy atom.